The molecule has 2 heterocycles. The number of para-hydroxylation sites is 1. The van der Waals surface area contributed by atoms with Gasteiger partial charge in [-0.05, 0) is 23.1 Å². The van der Waals surface area contributed by atoms with Gasteiger partial charge >= 0.3 is 0 Å². The Morgan fingerprint density at radius 2 is 1.69 bits per heavy atom. The van der Waals surface area contributed by atoms with Gasteiger partial charge in [-0.1, -0.05) is 62.4 Å². The first-order chi connectivity index (χ1) is 16.9. The van der Waals surface area contributed by atoms with Gasteiger partial charge in [-0.2, -0.15) is 0 Å². The molecular weight excluding hydrogens is 452 g/mol. The molecule has 5 N–H and O–H groups in total. The van der Waals surface area contributed by atoms with Crippen LogP contribution in [-0.2, 0) is 17.8 Å². The molecule has 2 aromatic carbocycles. The predicted octanol–water partition coefficient (Wildman–Crippen LogP) is 1.88. The molecular formula is C26H32N2O7. The van der Waals surface area contributed by atoms with Gasteiger partial charge in [0.25, 0.3) is 0 Å². The highest BCUT2D eigenvalue weighted by Crippen LogP contribution is 2.33. The molecule has 9 nitrogen and oxygen atoms in total. The first kappa shape index (κ1) is 25.2. The molecule has 5 atom stereocenters. The Kier molecular flexibility index (Phi) is 8.04. The Morgan fingerprint density at radius 3 is 2.40 bits per heavy atom. The maximum atomic E-state index is 10.4. The zero-order valence-electron chi connectivity index (χ0n) is 19.7. The van der Waals surface area contributed by atoms with Crippen molar-refractivity contribution in [2.24, 2.45) is 0 Å². The minimum absolute atomic E-state index is 0.0991. The minimum Gasteiger partial charge on any atom is -0.489 e. The Labute approximate surface area is 203 Å². The maximum Gasteiger partial charge on any atom is 0.238 e. The van der Waals surface area contributed by atoms with Crippen LogP contribution in [-0.4, -0.2) is 67.9 Å². The van der Waals surface area contributed by atoms with Crippen LogP contribution < -0.4 is 9.47 Å². The highest BCUT2D eigenvalue weighted by molar-refractivity contribution is 5.43. The van der Waals surface area contributed by atoms with E-state index in [2.05, 4.69) is 10.2 Å². The molecule has 0 radical (unpaired) electrons. The van der Waals surface area contributed by atoms with Crippen LogP contribution in [0.15, 0.2) is 54.6 Å². The van der Waals surface area contributed by atoms with Crippen molar-refractivity contribution in [2.75, 3.05) is 6.61 Å². The van der Waals surface area contributed by atoms with Gasteiger partial charge in [-0.3, -0.25) is 5.10 Å². The summed E-state index contributed by atoms with van der Waals surface area (Å²) in [5, 5.41) is 47.3. The zero-order chi connectivity index (χ0) is 24.9. The highest BCUT2D eigenvalue weighted by atomic mass is 16.7. The summed E-state index contributed by atoms with van der Waals surface area (Å²) < 4.78 is 17.5. The summed E-state index contributed by atoms with van der Waals surface area (Å²) in [5.41, 5.74) is 3.58. The normalized spacial score (nSPS) is 24.5. The SMILES string of the molecule is CC(C)c1[nH]nc(OC2O[C@H](CO)[C@@H](O)[C@H](O)[C@H]2O)c1Cc1ccccc1OCc1ccccc1. The maximum absolute atomic E-state index is 10.4. The number of hydrogen-bond donors (Lipinski definition) is 5. The first-order valence-corrected chi connectivity index (χ1v) is 11.7. The number of H-pyrrole nitrogens is 1. The third-order valence-electron chi connectivity index (χ3n) is 6.09. The number of hydrogen-bond acceptors (Lipinski definition) is 8. The molecule has 0 saturated carbocycles. The fourth-order valence-electron chi connectivity index (χ4n) is 4.10. The van der Waals surface area contributed by atoms with Crippen LogP contribution in [0.1, 0.15) is 42.1 Å². The average Bonchev–Trinajstić information content (AvgIpc) is 3.26. The van der Waals surface area contributed by atoms with E-state index in [1.165, 1.54) is 0 Å². The van der Waals surface area contributed by atoms with Gasteiger partial charge in [0.2, 0.25) is 12.2 Å². The highest BCUT2D eigenvalue weighted by Gasteiger charge is 2.45. The van der Waals surface area contributed by atoms with E-state index in [9.17, 15) is 20.4 Å². The van der Waals surface area contributed by atoms with Gasteiger partial charge < -0.3 is 34.6 Å². The average molecular weight is 485 g/mol. The first-order valence-electron chi connectivity index (χ1n) is 11.7. The molecule has 188 valence electrons. The summed E-state index contributed by atoms with van der Waals surface area (Å²) in [6.07, 6.45) is -6.49. The van der Waals surface area contributed by atoms with Gasteiger partial charge in [0.1, 0.15) is 36.8 Å². The van der Waals surface area contributed by atoms with Crippen LogP contribution in [0.25, 0.3) is 0 Å². The van der Waals surface area contributed by atoms with E-state index >= 15 is 0 Å². The Balaban J connectivity index is 1.57. The largest absolute Gasteiger partial charge is 0.489 e. The molecule has 0 amide bonds. The third kappa shape index (κ3) is 5.66. The van der Waals surface area contributed by atoms with Crippen LogP contribution in [0.2, 0.25) is 0 Å². The Morgan fingerprint density at radius 1 is 0.971 bits per heavy atom. The Bertz CT molecular complexity index is 1090. The van der Waals surface area contributed by atoms with E-state index in [4.69, 9.17) is 14.2 Å². The van der Waals surface area contributed by atoms with E-state index in [1.54, 1.807) is 0 Å². The lowest BCUT2D eigenvalue weighted by atomic mass is 9.98. The molecule has 1 saturated heterocycles. The number of rotatable bonds is 9. The molecule has 35 heavy (non-hydrogen) atoms. The van der Waals surface area contributed by atoms with Gasteiger partial charge in [-0.25, -0.2) is 0 Å². The number of benzene rings is 2. The number of nitrogens with one attached hydrogen (secondary N) is 1. The second-order valence-corrected chi connectivity index (χ2v) is 8.95. The quantitative estimate of drug-likeness (QED) is 0.311. The fraction of sp³-hybridized carbons (Fsp3) is 0.423. The number of aliphatic hydroxyl groups is 4. The summed E-state index contributed by atoms with van der Waals surface area (Å²) in [5.74, 6) is 1.03. The van der Waals surface area contributed by atoms with Crippen LogP contribution in [0, 0.1) is 0 Å². The molecule has 9 heteroatoms. The van der Waals surface area contributed by atoms with Crippen molar-refractivity contribution >= 4 is 0 Å². The summed E-state index contributed by atoms with van der Waals surface area (Å²) in [6.45, 7) is 3.93. The molecule has 0 aliphatic carbocycles. The molecule has 1 fully saturated rings. The monoisotopic (exact) mass is 484 g/mol. The van der Waals surface area contributed by atoms with Crippen molar-refractivity contribution in [1.82, 2.24) is 10.2 Å². The summed E-state index contributed by atoms with van der Waals surface area (Å²) in [4.78, 5) is 0. The standard InChI is InChI=1S/C26H32N2O7/c1-15(2)21-18(12-17-10-6-7-11-19(17)33-14-16-8-4-3-5-9-16)25(28-27-21)35-26-24(32)23(31)22(30)20(13-29)34-26/h3-11,15,20,22-24,26,29-32H,12-14H2,1-2H3,(H,27,28)/t20-,22-,23+,24-,26?/m1/s1. The van der Waals surface area contributed by atoms with Crippen LogP contribution in [0.4, 0.5) is 0 Å². The molecule has 1 aliphatic rings. The van der Waals surface area contributed by atoms with Gasteiger partial charge in [0, 0.05) is 17.7 Å². The van der Waals surface area contributed by atoms with E-state index in [0.717, 1.165) is 28.1 Å². The van der Waals surface area contributed by atoms with Crippen LogP contribution in [0.3, 0.4) is 0 Å². The van der Waals surface area contributed by atoms with E-state index in [-0.39, 0.29) is 11.8 Å². The van der Waals surface area contributed by atoms with Crippen LogP contribution in [0.5, 0.6) is 11.6 Å². The lowest BCUT2D eigenvalue weighted by molar-refractivity contribution is -0.278. The van der Waals surface area contributed by atoms with Crippen molar-refractivity contribution in [3.63, 3.8) is 0 Å². The molecule has 0 bridgehead atoms. The Hall–Kier alpha value is -2.95. The number of aliphatic hydroxyl groups excluding tert-OH is 4. The van der Waals surface area contributed by atoms with Gasteiger partial charge in [0.15, 0.2) is 0 Å². The topological polar surface area (TPSA) is 137 Å². The van der Waals surface area contributed by atoms with E-state index in [1.807, 2.05) is 68.4 Å². The fourth-order valence-corrected chi connectivity index (χ4v) is 4.10. The number of aromatic nitrogens is 2. The third-order valence-corrected chi connectivity index (χ3v) is 6.09. The van der Waals surface area contributed by atoms with Crippen molar-refractivity contribution in [2.45, 2.75) is 63.5 Å². The molecule has 0 spiro atoms. The molecule has 1 unspecified atom stereocenters. The second-order valence-electron chi connectivity index (χ2n) is 8.95. The second kappa shape index (κ2) is 11.2. The van der Waals surface area contributed by atoms with Crippen molar-refractivity contribution in [3.05, 3.63) is 77.0 Å². The smallest absolute Gasteiger partial charge is 0.238 e. The molecule has 3 aromatic rings. The molecule has 4 rings (SSSR count). The summed E-state index contributed by atoms with van der Waals surface area (Å²) in [7, 11) is 0. The minimum atomic E-state index is -1.54. The van der Waals surface area contributed by atoms with E-state index < -0.39 is 37.3 Å². The van der Waals surface area contributed by atoms with Crippen molar-refractivity contribution in [3.8, 4) is 11.6 Å². The summed E-state index contributed by atoms with van der Waals surface area (Å²) in [6, 6.07) is 17.6. The summed E-state index contributed by atoms with van der Waals surface area (Å²) >= 11 is 0. The molecule has 1 aliphatic heterocycles. The van der Waals surface area contributed by atoms with E-state index in [0.29, 0.717) is 13.0 Å². The van der Waals surface area contributed by atoms with Gasteiger partial charge in [0.05, 0.1) is 6.61 Å². The number of nitrogens with zero attached hydrogens (tertiary/aromatic N) is 1. The van der Waals surface area contributed by atoms with Crippen LogP contribution >= 0.6 is 0 Å². The predicted molar refractivity (Wildman–Crippen MR) is 127 cm³/mol. The lowest BCUT2D eigenvalue weighted by Gasteiger charge is -2.39. The lowest BCUT2D eigenvalue weighted by Crippen LogP contribution is -2.60. The van der Waals surface area contributed by atoms with Gasteiger partial charge in [-0.15, -0.1) is 5.10 Å². The van der Waals surface area contributed by atoms with Crippen molar-refractivity contribution < 1.29 is 34.6 Å². The molecule has 1 aromatic heterocycles. The number of ether oxygens (including phenoxy) is 3. The van der Waals surface area contributed by atoms with Crippen molar-refractivity contribution in [1.29, 1.82) is 0 Å². The number of aromatic amines is 1. The zero-order valence-corrected chi connectivity index (χ0v) is 19.7.